The molecule has 0 aromatic heterocycles. The quantitative estimate of drug-likeness (QED) is 0.0271. The number of hydrogen-bond donors (Lipinski definition) is 6. The van der Waals surface area contributed by atoms with Gasteiger partial charge in [-0.15, -0.1) is 0 Å². The van der Waals surface area contributed by atoms with Crippen molar-refractivity contribution in [1.82, 2.24) is 5.32 Å². The van der Waals surface area contributed by atoms with Crippen molar-refractivity contribution in [1.29, 1.82) is 0 Å². The van der Waals surface area contributed by atoms with E-state index in [4.69, 9.17) is 9.47 Å². The first-order valence-electron chi connectivity index (χ1n) is 22.6. The zero-order valence-corrected chi connectivity index (χ0v) is 34.7. The summed E-state index contributed by atoms with van der Waals surface area (Å²) in [5.41, 5.74) is 0. The molecule has 9 nitrogen and oxygen atoms in total. The van der Waals surface area contributed by atoms with Crippen LogP contribution in [0.1, 0.15) is 200 Å². The largest absolute Gasteiger partial charge is 0.394 e. The van der Waals surface area contributed by atoms with Crippen molar-refractivity contribution < 1.29 is 39.8 Å². The van der Waals surface area contributed by atoms with Crippen LogP contribution in [0, 0.1) is 0 Å². The second-order valence-corrected chi connectivity index (χ2v) is 15.8. The van der Waals surface area contributed by atoms with Gasteiger partial charge in [0.05, 0.1) is 25.4 Å². The summed E-state index contributed by atoms with van der Waals surface area (Å²) in [4.78, 5) is 12.9. The number of aliphatic hydroxyl groups is 5. The third kappa shape index (κ3) is 26.5. The van der Waals surface area contributed by atoms with Gasteiger partial charge in [-0.2, -0.15) is 0 Å². The molecule has 0 aromatic carbocycles. The number of carbonyl (C=O) groups excluding carboxylic acids is 1. The summed E-state index contributed by atoms with van der Waals surface area (Å²) >= 11 is 0. The molecular weight excluding hydrogens is 682 g/mol. The Morgan fingerprint density at radius 2 is 1.04 bits per heavy atom. The maximum absolute atomic E-state index is 12.9. The first-order valence-corrected chi connectivity index (χ1v) is 22.6. The summed E-state index contributed by atoms with van der Waals surface area (Å²) in [6.45, 7) is 3.76. The second kappa shape index (κ2) is 36.0. The number of nitrogens with one attached hydrogen (secondary N) is 1. The lowest BCUT2D eigenvalue weighted by Crippen LogP contribution is -2.60. The van der Waals surface area contributed by atoms with Crippen molar-refractivity contribution in [3.63, 3.8) is 0 Å². The van der Waals surface area contributed by atoms with E-state index in [-0.39, 0.29) is 12.5 Å². The van der Waals surface area contributed by atoms with Gasteiger partial charge < -0.3 is 40.3 Å². The van der Waals surface area contributed by atoms with Crippen LogP contribution in [0.3, 0.4) is 0 Å². The molecule has 318 valence electrons. The van der Waals surface area contributed by atoms with Crippen molar-refractivity contribution in [3.8, 4) is 0 Å². The van der Waals surface area contributed by atoms with Gasteiger partial charge in [-0.05, 0) is 44.9 Å². The van der Waals surface area contributed by atoms with E-state index >= 15 is 0 Å². The molecular formula is C45H85NO8. The standard InChI is InChI=1S/C45H85NO8/c1-3-5-7-9-11-13-15-17-19-20-21-22-24-26-28-30-32-34-39(48)38(37-53-45-44(52)43(51)42(50)40(36-47)54-45)46-41(49)35-33-31-29-27-25-23-18-16-14-12-10-8-6-4-2/h16,18,32,34,38-40,42-45,47-48,50-52H,3-15,17,19-31,33,35-37H2,1-2H3,(H,46,49)/b18-16-,34-32+. The van der Waals surface area contributed by atoms with E-state index in [9.17, 15) is 30.3 Å². The Bertz CT molecular complexity index is 899. The molecule has 6 N–H and O–H groups in total. The van der Waals surface area contributed by atoms with E-state index in [1.165, 1.54) is 122 Å². The number of hydrogen-bond acceptors (Lipinski definition) is 8. The zero-order chi connectivity index (χ0) is 39.5. The second-order valence-electron chi connectivity index (χ2n) is 15.8. The summed E-state index contributed by atoms with van der Waals surface area (Å²) < 4.78 is 11.2. The molecule has 1 fully saturated rings. The molecule has 7 unspecified atom stereocenters. The van der Waals surface area contributed by atoms with Gasteiger partial charge in [0.2, 0.25) is 5.91 Å². The van der Waals surface area contributed by atoms with E-state index in [1.807, 2.05) is 6.08 Å². The molecule has 0 radical (unpaired) electrons. The molecule has 0 saturated carbocycles. The summed E-state index contributed by atoms with van der Waals surface area (Å²) in [5.74, 6) is -0.186. The molecule has 1 saturated heterocycles. The summed E-state index contributed by atoms with van der Waals surface area (Å²) in [6.07, 6.45) is 35.0. The fraction of sp³-hybridized carbons (Fsp3) is 0.889. The first kappa shape index (κ1) is 50.7. The summed E-state index contributed by atoms with van der Waals surface area (Å²) in [5, 5.41) is 54.1. The number of rotatable bonds is 37. The minimum Gasteiger partial charge on any atom is -0.394 e. The molecule has 1 rings (SSSR count). The van der Waals surface area contributed by atoms with E-state index in [2.05, 4.69) is 31.3 Å². The molecule has 9 heteroatoms. The molecule has 0 bridgehead atoms. The number of unbranched alkanes of at least 4 members (excludes halogenated alkanes) is 25. The fourth-order valence-electron chi connectivity index (χ4n) is 7.09. The van der Waals surface area contributed by atoms with Gasteiger partial charge in [0.1, 0.15) is 24.4 Å². The Balaban J connectivity index is 2.38. The maximum atomic E-state index is 12.9. The zero-order valence-electron chi connectivity index (χ0n) is 34.7. The highest BCUT2D eigenvalue weighted by atomic mass is 16.7. The lowest BCUT2D eigenvalue weighted by molar-refractivity contribution is -0.302. The lowest BCUT2D eigenvalue weighted by atomic mass is 9.99. The van der Waals surface area contributed by atoms with Crippen molar-refractivity contribution in [2.24, 2.45) is 0 Å². The van der Waals surface area contributed by atoms with Gasteiger partial charge in [-0.1, -0.05) is 173 Å². The maximum Gasteiger partial charge on any atom is 0.220 e. The van der Waals surface area contributed by atoms with E-state index in [0.29, 0.717) is 6.42 Å². The van der Waals surface area contributed by atoms with E-state index < -0.39 is 49.5 Å². The average Bonchev–Trinajstić information content (AvgIpc) is 3.17. The van der Waals surface area contributed by atoms with Gasteiger partial charge in [0, 0.05) is 6.42 Å². The van der Waals surface area contributed by atoms with Crippen LogP contribution in [0.25, 0.3) is 0 Å². The first-order chi connectivity index (χ1) is 26.3. The van der Waals surface area contributed by atoms with Crippen LogP contribution >= 0.6 is 0 Å². The number of allylic oxidation sites excluding steroid dienone is 3. The Kier molecular flexibility index (Phi) is 33.8. The van der Waals surface area contributed by atoms with Gasteiger partial charge in [-0.3, -0.25) is 4.79 Å². The third-order valence-electron chi connectivity index (χ3n) is 10.8. The topological polar surface area (TPSA) is 149 Å². The van der Waals surface area contributed by atoms with Crippen LogP contribution < -0.4 is 5.32 Å². The van der Waals surface area contributed by atoms with Crippen LogP contribution in [0.15, 0.2) is 24.3 Å². The number of carbonyl (C=O) groups is 1. The van der Waals surface area contributed by atoms with E-state index in [0.717, 1.165) is 57.8 Å². The third-order valence-corrected chi connectivity index (χ3v) is 10.8. The van der Waals surface area contributed by atoms with Crippen LogP contribution in [0.2, 0.25) is 0 Å². The normalized spacial score (nSPS) is 21.6. The molecule has 1 aliphatic heterocycles. The monoisotopic (exact) mass is 768 g/mol. The van der Waals surface area contributed by atoms with Crippen LogP contribution in [-0.2, 0) is 14.3 Å². The van der Waals surface area contributed by atoms with Crippen molar-refractivity contribution in [3.05, 3.63) is 24.3 Å². The highest BCUT2D eigenvalue weighted by Crippen LogP contribution is 2.22. The molecule has 0 aromatic rings. The molecule has 54 heavy (non-hydrogen) atoms. The average molecular weight is 768 g/mol. The minimum atomic E-state index is -1.56. The van der Waals surface area contributed by atoms with Gasteiger partial charge in [0.25, 0.3) is 0 Å². The minimum absolute atomic E-state index is 0.186. The van der Waals surface area contributed by atoms with Crippen LogP contribution in [0.5, 0.6) is 0 Å². The Morgan fingerprint density at radius 1 is 0.611 bits per heavy atom. The number of amides is 1. The Hall–Kier alpha value is -1.33. The van der Waals surface area contributed by atoms with Gasteiger partial charge in [0.15, 0.2) is 6.29 Å². The fourth-order valence-corrected chi connectivity index (χ4v) is 7.09. The molecule has 7 atom stereocenters. The van der Waals surface area contributed by atoms with Crippen molar-refractivity contribution in [2.75, 3.05) is 13.2 Å². The Morgan fingerprint density at radius 3 is 1.50 bits per heavy atom. The van der Waals surface area contributed by atoms with E-state index in [1.54, 1.807) is 6.08 Å². The SMILES string of the molecule is CCCCCCC/C=C\CCCCCCCC(=O)NC(COC1OC(CO)C(O)C(O)C1O)C(O)/C=C/CCCCCCCCCCCCCCCCC. The van der Waals surface area contributed by atoms with Crippen molar-refractivity contribution >= 4 is 5.91 Å². The molecule has 0 spiro atoms. The Labute approximate surface area is 330 Å². The molecule has 1 aliphatic rings. The molecule has 1 heterocycles. The van der Waals surface area contributed by atoms with Crippen LogP contribution in [0.4, 0.5) is 0 Å². The summed E-state index contributed by atoms with van der Waals surface area (Å²) in [7, 11) is 0. The molecule has 0 aliphatic carbocycles. The lowest BCUT2D eigenvalue weighted by Gasteiger charge is -2.40. The smallest absolute Gasteiger partial charge is 0.220 e. The van der Waals surface area contributed by atoms with Gasteiger partial charge in [-0.25, -0.2) is 0 Å². The highest BCUT2D eigenvalue weighted by molar-refractivity contribution is 5.76. The predicted octanol–water partition coefficient (Wildman–Crippen LogP) is 9.11. The van der Waals surface area contributed by atoms with Crippen LogP contribution in [-0.4, -0.2) is 87.5 Å². The predicted molar refractivity (Wildman–Crippen MR) is 221 cm³/mol. The van der Waals surface area contributed by atoms with Gasteiger partial charge >= 0.3 is 0 Å². The highest BCUT2D eigenvalue weighted by Gasteiger charge is 2.44. The van der Waals surface area contributed by atoms with Crippen molar-refractivity contribution in [2.45, 2.75) is 243 Å². The number of aliphatic hydroxyl groups excluding tert-OH is 5. The number of ether oxygens (including phenoxy) is 2. The summed E-state index contributed by atoms with van der Waals surface area (Å²) in [6, 6.07) is -0.805. The molecule has 1 amide bonds.